The van der Waals surface area contributed by atoms with Gasteiger partial charge in [-0.1, -0.05) is 0 Å². The van der Waals surface area contributed by atoms with E-state index in [1.807, 2.05) is 25.7 Å². The molecule has 2 aliphatic rings. The van der Waals surface area contributed by atoms with E-state index < -0.39 is 5.60 Å². The SMILES string of the molecule is CC(C)(C)OC(=O)N1CCCC1CNC1CCCNCC1. The van der Waals surface area contributed by atoms with Gasteiger partial charge in [0.15, 0.2) is 0 Å². The predicted octanol–water partition coefficient (Wildman–Crippen LogP) is 2.12. The number of nitrogens with zero attached hydrogens (tertiary/aromatic N) is 1. The van der Waals surface area contributed by atoms with Crippen LogP contribution in [0.1, 0.15) is 52.9 Å². The van der Waals surface area contributed by atoms with Gasteiger partial charge in [0.2, 0.25) is 0 Å². The molecule has 0 bridgehead atoms. The Kier molecular flexibility index (Phi) is 5.88. The maximum Gasteiger partial charge on any atom is 0.410 e. The Morgan fingerprint density at radius 2 is 2.05 bits per heavy atom. The summed E-state index contributed by atoms with van der Waals surface area (Å²) >= 11 is 0. The molecular formula is C16H31N3O2. The Morgan fingerprint density at radius 3 is 2.81 bits per heavy atom. The summed E-state index contributed by atoms with van der Waals surface area (Å²) in [5.74, 6) is 0. The summed E-state index contributed by atoms with van der Waals surface area (Å²) in [5, 5.41) is 7.10. The molecule has 5 nitrogen and oxygen atoms in total. The number of carbonyl (C=O) groups excluding carboxylic acids is 1. The summed E-state index contributed by atoms with van der Waals surface area (Å²) in [4.78, 5) is 14.2. The van der Waals surface area contributed by atoms with Gasteiger partial charge in [0.05, 0.1) is 0 Å². The molecule has 0 aliphatic carbocycles. The Morgan fingerprint density at radius 1 is 1.24 bits per heavy atom. The number of amides is 1. The maximum absolute atomic E-state index is 12.2. The third-order valence-electron chi connectivity index (χ3n) is 4.22. The van der Waals surface area contributed by atoms with Gasteiger partial charge in [-0.15, -0.1) is 0 Å². The molecule has 21 heavy (non-hydrogen) atoms. The molecule has 0 aromatic carbocycles. The Bertz CT molecular complexity index is 333. The molecule has 2 atom stereocenters. The first-order valence-corrected chi connectivity index (χ1v) is 8.39. The average Bonchev–Trinajstić information content (AvgIpc) is 2.70. The van der Waals surface area contributed by atoms with Crippen molar-refractivity contribution in [1.82, 2.24) is 15.5 Å². The molecule has 0 aromatic rings. The molecule has 2 aliphatic heterocycles. The molecule has 0 spiro atoms. The first-order valence-electron chi connectivity index (χ1n) is 8.39. The molecule has 2 unspecified atom stereocenters. The van der Waals surface area contributed by atoms with E-state index in [1.54, 1.807) is 0 Å². The minimum atomic E-state index is -0.412. The van der Waals surface area contributed by atoms with Crippen molar-refractivity contribution < 1.29 is 9.53 Å². The minimum Gasteiger partial charge on any atom is -0.444 e. The van der Waals surface area contributed by atoms with Crippen LogP contribution in [0.15, 0.2) is 0 Å². The number of rotatable bonds is 3. The summed E-state index contributed by atoms with van der Waals surface area (Å²) in [6, 6.07) is 0.872. The number of ether oxygens (including phenoxy) is 1. The van der Waals surface area contributed by atoms with Gasteiger partial charge in [0.25, 0.3) is 0 Å². The standard InChI is InChI=1S/C16H31N3O2/c1-16(2,3)21-15(20)19-11-5-7-14(19)12-18-13-6-4-9-17-10-8-13/h13-14,17-18H,4-12H2,1-3H3. The second-order valence-corrected chi connectivity index (χ2v) is 7.26. The normalized spacial score (nSPS) is 27.5. The predicted molar refractivity (Wildman–Crippen MR) is 84.5 cm³/mol. The molecule has 2 heterocycles. The van der Waals surface area contributed by atoms with Crippen LogP contribution in [0.5, 0.6) is 0 Å². The average molecular weight is 297 g/mol. The first kappa shape index (κ1) is 16.6. The van der Waals surface area contributed by atoms with E-state index in [9.17, 15) is 4.79 Å². The van der Waals surface area contributed by atoms with Gasteiger partial charge in [-0.05, 0) is 66.0 Å². The Balaban J connectivity index is 1.79. The van der Waals surface area contributed by atoms with Crippen molar-refractivity contribution in [1.29, 1.82) is 0 Å². The van der Waals surface area contributed by atoms with Crippen LogP contribution in [0, 0.1) is 0 Å². The number of likely N-dealkylation sites (tertiary alicyclic amines) is 1. The van der Waals surface area contributed by atoms with Crippen LogP contribution in [0.25, 0.3) is 0 Å². The van der Waals surface area contributed by atoms with Crippen molar-refractivity contribution in [2.24, 2.45) is 0 Å². The molecule has 2 rings (SSSR count). The second-order valence-electron chi connectivity index (χ2n) is 7.26. The topological polar surface area (TPSA) is 53.6 Å². The van der Waals surface area contributed by atoms with Crippen LogP contribution in [0.2, 0.25) is 0 Å². The minimum absolute atomic E-state index is 0.158. The van der Waals surface area contributed by atoms with Crippen molar-refractivity contribution >= 4 is 6.09 Å². The van der Waals surface area contributed by atoms with E-state index >= 15 is 0 Å². The monoisotopic (exact) mass is 297 g/mol. The van der Waals surface area contributed by atoms with Gasteiger partial charge in [0, 0.05) is 25.2 Å². The van der Waals surface area contributed by atoms with E-state index in [0.29, 0.717) is 6.04 Å². The van der Waals surface area contributed by atoms with Crippen molar-refractivity contribution in [3.8, 4) is 0 Å². The summed E-state index contributed by atoms with van der Waals surface area (Å²) < 4.78 is 5.51. The maximum atomic E-state index is 12.2. The molecule has 2 N–H and O–H groups in total. The van der Waals surface area contributed by atoms with Crippen LogP contribution in [-0.2, 0) is 4.74 Å². The van der Waals surface area contributed by atoms with Crippen molar-refractivity contribution in [3.05, 3.63) is 0 Å². The van der Waals surface area contributed by atoms with Crippen molar-refractivity contribution in [2.45, 2.75) is 70.6 Å². The summed E-state index contributed by atoms with van der Waals surface area (Å²) in [7, 11) is 0. The smallest absolute Gasteiger partial charge is 0.410 e. The van der Waals surface area contributed by atoms with E-state index in [1.165, 1.54) is 19.3 Å². The van der Waals surface area contributed by atoms with E-state index in [-0.39, 0.29) is 12.1 Å². The highest BCUT2D eigenvalue weighted by Crippen LogP contribution is 2.20. The van der Waals surface area contributed by atoms with Gasteiger partial charge >= 0.3 is 6.09 Å². The number of hydrogen-bond acceptors (Lipinski definition) is 4. The zero-order valence-corrected chi connectivity index (χ0v) is 13.8. The third kappa shape index (κ3) is 5.47. The quantitative estimate of drug-likeness (QED) is 0.838. The summed E-state index contributed by atoms with van der Waals surface area (Å²) in [6.45, 7) is 9.72. The van der Waals surface area contributed by atoms with Gasteiger partial charge in [-0.25, -0.2) is 4.79 Å². The number of nitrogens with one attached hydrogen (secondary N) is 2. The highest BCUT2D eigenvalue weighted by Gasteiger charge is 2.32. The molecule has 0 radical (unpaired) electrons. The number of carbonyl (C=O) groups is 1. The molecule has 0 aromatic heterocycles. The first-order chi connectivity index (χ1) is 9.96. The molecule has 122 valence electrons. The highest BCUT2D eigenvalue weighted by molar-refractivity contribution is 5.69. The Hall–Kier alpha value is -0.810. The Labute approximate surface area is 128 Å². The second kappa shape index (κ2) is 7.45. The summed E-state index contributed by atoms with van der Waals surface area (Å²) in [5.41, 5.74) is -0.412. The lowest BCUT2D eigenvalue weighted by Gasteiger charge is -2.29. The van der Waals surface area contributed by atoms with Crippen LogP contribution in [0.4, 0.5) is 4.79 Å². The van der Waals surface area contributed by atoms with Gasteiger partial charge in [0.1, 0.15) is 5.60 Å². The molecule has 5 heteroatoms. The van der Waals surface area contributed by atoms with E-state index in [0.717, 1.165) is 39.0 Å². The molecule has 2 saturated heterocycles. The molecule has 1 amide bonds. The zero-order valence-electron chi connectivity index (χ0n) is 13.8. The fourth-order valence-electron chi connectivity index (χ4n) is 3.13. The van der Waals surface area contributed by atoms with Gasteiger partial charge < -0.3 is 20.3 Å². The lowest BCUT2D eigenvalue weighted by Crippen LogP contribution is -2.46. The van der Waals surface area contributed by atoms with Crippen LogP contribution in [-0.4, -0.2) is 54.9 Å². The van der Waals surface area contributed by atoms with Crippen molar-refractivity contribution in [3.63, 3.8) is 0 Å². The van der Waals surface area contributed by atoms with Crippen molar-refractivity contribution in [2.75, 3.05) is 26.2 Å². The van der Waals surface area contributed by atoms with Crippen LogP contribution in [0.3, 0.4) is 0 Å². The van der Waals surface area contributed by atoms with Crippen LogP contribution >= 0.6 is 0 Å². The highest BCUT2D eigenvalue weighted by atomic mass is 16.6. The number of hydrogen-bond donors (Lipinski definition) is 2. The van der Waals surface area contributed by atoms with E-state index in [2.05, 4.69) is 10.6 Å². The third-order valence-corrected chi connectivity index (χ3v) is 4.22. The fourth-order valence-corrected chi connectivity index (χ4v) is 3.13. The van der Waals surface area contributed by atoms with Gasteiger partial charge in [-0.2, -0.15) is 0 Å². The van der Waals surface area contributed by atoms with Crippen LogP contribution < -0.4 is 10.6 Å². The lowest BCUT2D eigenvalue weighted by molar-refractivity contribution is 0.0224. The largest absolute Gasteiger partial charge is 0.444 e. The molecular weight excluding hydrogens is 266 g/mol. The summed E-state index contributed by atoms with van der Waals surface area (Å²) in [6.07, 6.45) is 5.65. The zero-order chi connectivity index (χ0) is 15.3. The van der Waals surface area contributed by atoms with E-state index in [4.69, 9.17) is 4.74 Å². The molecule has 0 saturated carbocycles. The fraction of sp³-hybridized carbons (Fsp3) is 0.938. The molecule has 2 fully saturated rings. The lowest BCUT2D eigenvalue weighted by atomic mass is 10.1. The van der Waals surface area contributed by atoms with Gasteiger partial charge in [-0.3, -0.25) is 0 Å².